The molecule has 122 valence electrons. The summed E-state index contributed by atoms with van der Waals surface area (Å²) in [6, 6.07) is 12.9. The van der Waals surface area contributed by atoms with E-state index in [0.29, 0.717) is 22.9 Å². The van der Waals surface area contributed by atoms with Gasteiger partial charge >= 0.3 is 5.97 Å². The van der Waals surface area contributed by atoms with Crippen LogP contribution in [0.1, 0.15) is 27.0 Å². The minimum Gasteiger partial charge on any atom is -0.478 e. The van der Waals surface area contributed by atoms with Gasteiger partial charge in [0.2, 0.25) is 0 Å². The number of nitriles is 1. The molecule has 0 saturated heterocycles. The summed E-state index contributed by atoms with van der Waals surface area (Å²) >= 11 is 0. The fraction of sp³-hybridized carbons (Fsp3) is 0.100. The van der Waals surface area contributed by atoms with Gasteiger partial charge in [-0.3, -0.25) is 0 Å². The zero-order valence-electron chi connectivity index (χ0n) is 13.7. The molecule has 3 aromatic carbocycles. The highest BCUT2D eigenvalue weighted by atomic mass is 16.5. The van der Waals surface area contributed by atoms with Crippen LogP contribution in [0.25, 0.3) is 10.8 Å². The molecule has 2 N–H and O–H groups in total. The minimum absolute atomic E-state index is 0.0138. The Kier molecular flexibility index (Phi) is 3.16. The molecule has 0 spiro atoms. The molecular formula is C20H14N2O3. The predicted molar refractivity (Wildman–Crippen MR) is 94.9 cm³/mol. The summed E-state index contributed by atoms with van der Waals surface area (Å²) in [5.41, 5.74) is 3.71. The molecule has 1 heterocycles. The van der Waals surface area contributed by atoms with Crippen LogP contribution in [-0.2, 0) is 0 Å². The van der Waals surface area contributed by atoms with Crippen molar-refractivity contribution in [1.29, 1.82) is 5.26 Å². The fourth-order valence-electron chi connectivity index (χ4n) is 3.05. The van der Waals surface area contributed by atoms with Crippen LogP contribution in [0.3, 0.4) is 0 Å². The summed E-state index contributed by atoms with van der Waals surface area (Å²) in [7, 11) is 0. The van der Waals surface area contributed by atoms with Crippen LogP contribution in [0.15, 0.2) is 36.4 Å². The van der Waals surface area contributed by atoms with Crippen LogP contribution in [0.5, 0.6) is 11.5 Å². The molecule has 1 aliphatic heterocycles. The van der Waals surface area contributed by atoms with Crippen LogP contribution in [0.2, 0.25) is 0 Å². The van der Waals surface area contributed by atoms with Gasteiger partial charge in [0.05, 0.1) is 28.6 Å². The number of carbonyl (C=O) groups is 1. The minimum atomic E-state index is -1.11. The van der Waals surface area contributed by atoms with Crippen molar-refractivity contribution in [2.45, 2.75) is 13.8 Å². The third-order valence-corrected chi connectivity index (χ3v) is 4.49. The summed E-state index contributed by atoms with van der Waals surface area (Å²) in [6.45, 7) is 4.11. The molecule has 0 unspecified atom stereocenters. The van der Waals surface area contributed by atoms with E-state index < -0.39 is 5.97 Å². The Morgan fingerprint density at radius 2 is 1.72 bits per heavy atom. The predicted octanol–water partition coefficient (Wildman–Crippen LogP) is 4.88. The SMILES string of the molecule is Cc1cc2cc3c(cc2cc1C)Oc1cc(C#N)cc(C(=O)O)c1N3. The number of carboxylic acids is 1. The number of nitrogens with one attached hydrogen (secondary N) is 1. The Labute approximate surface area is 144 Å². The lowest BCUT2D eigenvalue weighted by molar-refractivity contribution is 0.0697. The van der Waals surface area contributed by atoms with E-state index in [9.17, 15) is 9.90 Å². The van der Waals surface area contributed by atoms with Crippen molar-refractivity contribution in [3.63, 3.8) is 0 Å². The Bertz CT molecular complexity index is 1110. The van der Waals surface area contributed by atoms with E-state index in [-0.39, 0.29) is 11.1 Å². The van der Waals surface area contributed by atoms with Gasteiger partial charge in [0.15, 0.2) is 11.5 Å². The number of aromatic carboxylic acids is 1. The molecule has 3 aromatic rings. The van der Waals surface area contributed by atoms with Crippen molar-refractivity contribution in [1.82, 2.24) is 0 Å². The first-order valence-electron chi connectivity index (χ1n) is 7.77. The van der Waals surface area contributed by atoms with Crippen molar-refractivity contribution in [3.05, 3.63) is 58.7 Å². The maximum absolute atomic E-state index is 11.5. The average Bonchev–Trinajstić information content (AvgIpc) is 2.58. The van der Waals surface area contributed by atoms with E-state index in [4.69, 9.17) is 10.00 Å². The summed E-state index contributed by atoms with van der Waals surface area (Å²) in [5.74, 6) is -0.165. The zero-order valence-corrected chi connectivity index (χ0v) is 13.7. The van der Waals surface area contributed by atoms with Gasteiger partial charge in [-0.2, -0.15) is 5.26 Å². The first kappa shape index (κ1) is 15.0. The number of nitrogens with zero attached hydrogens (tertiary/aromatic N) is 1. The number of aryl methyl sites for hydroxylation is 2. The number of fused-ring (bicyclic) bond motifs is 3. The molecule has 0 aromatic heterocycles. The molecular weight excluding hydrogens is 316 g/mol. The molecule has 5 nitrogen and oxygen atoms in total. The van der Waals surface area contributed by atoms with E-state index in [1.807, 2.05) is 18.2 Å². The first-order chi connectivity index (χ1) is 12.0. The van der Waals surface area contributed by atoms with Crippen LogP contribution in [0, 0.1) is 25.2 Å². The van der Waals surface area contributed by atoms with Gasteiger partial charge in [-0.15, -0.1) is 0 Å². The average molecular weight is 330 g/mol. The Morgan fingerprint density at radius 3 is 2.36 bits per heavy atom. The fourth-order valence-corrected chi connectivity index (χ4v) is 3.05. The summed E-state index contributed by atoms with van der Waals surface area (Å²) in [4.78, 5) is 11.5. The van der Waals surface area contributed by atoms with Crippen molar-refractivity contribution in [3.8, 4) is 17.6 Å². The molecule has 0 aliphatic carbocycles. The molecule has 4 rings (SSSR count). The normalized spacial score (nSPS) is 11.7. The molecule has 1 aliphatic rings. The van der Waals surface area contributed by atoms with Gasteiger partial charge in [0, 0.05) is 6.07 Å². The monoisotopic (exact) mass is 330 g/mol. The standard InChI is InChI=1S/C20H14N2O3/c1-10-3-13-7-16-17(8-14(13)4-11(10)2)25-18-6-12(9-21)5-15(20(23)24)19(18)22-16/h3-8,22H,1-2H3,(H,23,24). The second-order valence-electron chi connectivity index (χ2n) is 6.17. The van der Waals surface area contributed by atoms with Gasteiger partial charge < -0.3 is 15.2 Å². The zero-order chi connectivity index (χ0) is 17.7. The topological polar surface area (TPSA) is 82.3 Å². The summed E-state index contributed by atoms with van der Waals surface area (Å²) in [6.07, 6.45) is 0. The third kappa shape index (κ3) is 2.36. The van der Waals surface area contributed by atoms with E-state index in [0.717, 1.165) is 10.8 Å². The van der Waals surface area contributed by atoms with Crippen molar-refractivity contribution < 1.29 is 14.6 Å². The Hall–Kier alpha value is -3.52. The second-order valence-corrected chi connectivity index (χ2v) is 6.17. The van der Waals surface area contributed by atoms with Gasteiger partial charge in [0.25, 0.3) is 0 Å². The van der Waals surface area contributed by atoms with Crippen LogP contribution in [-0.4, -0.2) is 11.1 Å². The molecule has 0 radical (unpaired) electrons. The lowest BCUT2D eigenvalue weighted by Crippen LogP contribution is -2.09. The lowest BCUT2D eigenvalue weighted by atomic mass is 10.0. The number of hydrogen-bond donors (Lipinski definition) is 2. The van der Waals surface area contributed by atoms with Crippen LogP contribution >= 0.6 is 0 Å². The number of hydrogen-bond acceptors (Lipinski definition) is 4. The third-order valence-electron chi connectivity index (χ3n) is 4.49. The molecule has 0 atom stereocenters. The van der Waals surface area contributed by atoms with Crippen LogP contribution in [0.4, 0.5) is 11.4 Å². The van der Waals surface area contributed by atoms with E-state index in [2.05, 4.69) is 31.3 Å². The lowest BCUT2D eigenvalue weighted by Gasteiger charge is -2.24. The van der Waals surface area contributed by atoms with Gasteiger partial charge in [-0.05, 0) is 53.9 Å². The molecule has 0 bridgehead atoms. The summed E-state index contributed by atoms with van der Waals surface area (Å²) < 4.78 is 5.91. The van der Waals surface area contributed by atoms with Crippen molar-refractivity contribution in [2.75, 3.05) is 5.32 Å². The van der Waals surface area contributed by atoms with Crippen LogP contribution < -0.4 is 10.1 Å². The second kappa shape index (κ2) is 5.25. The van der Waals surface area contributed by atoms with Gasteiger partial charge in [0.1, 0.15) is 0 Å². The number of carboxylic acid groups (broad SMARTS) is 1. The highest BCUT2D eigenvalue weighted by Gasteiger charge is 2.24. The smallest absolute Gasteiger partial charge is 0.338 e. The number of anilines is 2. The Morgan fingerprint density at radius 1 is 1.04 bits per heavy atom. The molecule has 5 heteroatoms. The van der Waals surface area contributed by atoms with E-state index in [1.54, 1.807) is 6.07 Å². The van der Waals surface area contributed by atoms with Gasteiger partial charge in [-0.1, -0.05) is 12.1 Å². The highest BCUT2D eigenvalue weighted by Crippen LogP contribution is 2.45. The molecule has 0 saturated carbocycles. The van der Waals surface area contributed by atoms with E-state index in [1.165, 1.54) is 17.2 Å². The highest BCUT2D eigenvalue weighted by molar-refractivity contribution is 6.00. The largest absolute Gasteiger partial charge is 0.478 e. The first-order valence-corrected chi connectivity index (χ1v) is 7.77. The molecule has 0 amide bonds. The van der Waals surface area contributed by atoms with Gasteiger partial charge in [-0.25, -0.2) is 4.79 Å². The number of benzene rings is 3. The van der Waals surface area contributed by atoms with Crippen molar-refractivity contribution >= 4 is 28.1 Å². The van der Waals surface area contributed by atoms with Crippen molar-refractivity contribution in [2.24, 2.45) is 0 Å². The quantitative estimate of drug-likeness (QED) is 0.520. The Balaban J connectivity index is 1.91. The van der Waals surface area contributed by atoms with E-state index >= 15 is 0 Å². The number of rotatable bonds is 1. The maximum Gasteiger partial charge on any atom is 0.338 e. The molecule has 0 fully saturated rings. The maximum atomic E-state index is 11.5. The summed E-state index contributed by atoms with van der Waals surface area (Å²) in [5, 5.41) is 23.8. The number of ether oxygens (including phenoxy) is 1. The molecule has 25 heavy (non-hydrogen) atoms.